The highest BCUT2D eigenvalue weighted by Crippen LogP contribution is 2.29. The van der Waals surface area contributed by atoms with Gasteiger partial charge in [-0.2, -0.15) is 0 Å². The molecular weight excluding hydrogens is 152 g/mol. The molecule has 3 atom stereocenters. The van der Waals surface area contributed by atoms with Crippen molar-refractivity contribution in [1.29, 1.82) is 0 Å². The zero-order valence-electron chi connectivity index (χ0n) is 8.03. The average molecular weight is 172 g/mol. The summed E-state index contributed by atoms with van der Waals surface area (Å²) in [5, 5.41) is 18.7. The molecule has 0 aromatic rings. The lowest BCUT2D eigenvalue weighted by Gasteiger charge is -2.30. The van der Waals surface area contributed by atoms with Crippen molar-refractivity contribution in [3.8, 4) is 0 Å². The molecule has 1 rings (SSSR count). The smallest absolute Gasteiger partial charge is 0.0801 e. The molecule has 2 N–H and O–H groups in total. The van der Waals surface area contributed by atoms with Gasteiger partial charge >= 0.3 is 0 Å². The van der Waals surface area contributed by atoms with Crippen LogP contribution in [0.2, 0.25) is 0 Å². The van der Waals surface area contributed by atoms with E-state index in [1.165, 1.54) is 6.42 Å². The third-order valence-corrected chi connectivity index (χ3v) is 2.69. The Morgan fingerprint density at radius 3 is 2.33 bits per heavy atom. The Morgan fingerprint density at radius 1 is 1.17 bits per heavy atom. The SMILES string of the molecule is CC(C)CC1CCC(O)[C@H](O)C1. The third kappa shape index (κ3) is 2.76. The zero-order valence-corrected chi connectivity index (χ0v) is 8.03. The minimum atomic E-state index is -0.470. The van der Waals surface area contributed by atoms with Gasteiger partial charge in [-0.25, -0.2) is 0 Å². The van der Waals surface area contributed by atoms with Crippen molar-refractivity contribution < 1.29 is 10.2 Å². The molecule has 0 spiro atoms. The minimum Gasteiger partial charge on any atom is -0.390 e. The van der Waals surface area contributed by atoms with Crippen LogP contribution in [0.25, 0.3) is 0 Å². The molecule has 0 aromatic carbocycles. The first-order valence-corrected chi connectivity index (χ1v) is 4.95. The summed E-state index contributed by atoms with van der Waals surface area (Å²) in [5.41, 5.74) is 0. The first-order chi connectivity index (χ1) is 5.59. The summed E-state index contributed by atoms with van der Waals surface area (Å²) in [6.07, 6.45) is 2.90. The molecule has 1 saturated carbocycles. The van der Waals surface area contributed by atoms with Crippen LogP contribution < -0.4 is 0 Å². The molecule has 2 unspecified atom stereocenters. The van der Waals surface area contributed by atoms with Gasteiger partial charge in [-0.15, -0.1) is 0 Å². The Labute approximate surface area is 74.6 Å². The second kappa shape index (κ2) is 4.24. The van der Waals surface area contributed by atoms with Gasteiger partial charge in [-0.05, 0) is 37.5 Å². The summed E-state index contributed by atoms with van der Waals surface area (Å²) in [7, 11) is 0. The normalized spacial score (nSPS) is 37.2. The van der Waals surface area contributed by atoms with E-state index in [9.17, 15) is 10.2 Å². The topological polar surface area (TPSA) is 40.5 Å². The fraction of sp³-hybridized carbons (Fsp3) is 1.00. The molecule has 1 aliphatic carbocycles. The third-order valence-electron chi connectivity index (χ3n) is 2.69. The number of aliphatic hydroxyl groups excluding tert-OH is 2. The summed E-state index contributed by atoms with van der Waals surface area (Å²) in [4.78, 5) is 0. The van der Waals surface area contributed by atoms with E-state index >= 15 is 0 Å². The molecule has 1 fully saturated rings. The Hall–Kier alpha value is -0.0800. The number of aliphatic hydroxyl groups is 2. The van der Waals surface area contributed by atoms with Gasteiger partial charge in [0, 0.05) is 0 Å². The summed E-state index contributed by atoms with van der Waals surface area (Å²) < 4.78 is 0. The molecule has 0 radical (unpaired) electrons. The second-order valence-corrected chi connectivity index (χ2v) is 4.44. The van der Waals surface area contributed by atoms with E-state index in [4.69, 9.17) is 0 Å². The van der Waals surface area contributed by atoms with E-state index < -0.39 is 12.2 Å². The van der Waals surface area contributed by atoms with Crippen LogP contribution in [-0.2, 0) is 0 Å². The summed E-state index contributed by atoms with van der Waals surface area (Å²) >= 11 is 0. The van der Waals surface area contributed by atoms with Gasteiger partial charge in [-0.3, -0.25) is 0 Å². The monoisotopic (exact) mass is 172 g/mol. The number of hydrogen-bond donors (Lipinski definition) is 2. The predicted octanol–water partition coefficient (Wildman–Crippen LogP) is 1.55. The highest BCUT2D eigenvalue weighted by atomic mass is 16.3. The van der Waals surface area contributed by atoms with Gasteiger partial charge in [0.05, 0.1) is 12.2 Å². The van der Waals surface area contributed by atoms with Crippen LogP contribution in [0.5, 0.6) is 0 Å². The van der Waals surface area contributed by atoms with E-state index in [1.54, 1.807) is 0 Å². The van der Waals surface area contributed by atoms with Crippen molar-refractivity contribution in [2.75, 3.05) is 0 Å². The molecule has 0 bridgehead atoms. The molecule has 12 heavy (non-hydrogen) atoms. The standard InChI is InChI=1S/C10H20O2/c1-7(2)5-8-3-4-9(11)10(12)6-8/h7-12H,3-6H2,1-2H3/t8?,9?,10-/m1/s1. The van der Waals surface area contributed by atoms with Crippen LogP contribution in [0.1, 0.15) is 39.5 Å². The summed E-state index contributed by atoms with van der Waals surface area (Å²) in [6.45, 7) is 4.41. The van der Waals surface area contributed by atoms with Gasteiger partial charge < -0.3 is 10.2 Å². The molecule has 0 saturated heterocycles. The van der Waals surface area contributed by atoms with Crippen molar-refractivity contribution >= 4 is 0 Å². The van der Waals surface area contributed by atoms with Gasteiger partial charge in [-0.1, -0.05) is 13.8 Å². The van der Waals surface area contributed by atoms with Gasteiger partial charge in [0.15, 0.2) is 0 Å². The fourth-order valence-electron chi connectivity index (χ4n) is 2.10. The van der Waals surface area contributed by atoms with Crippen molar-refractivity contribution in [2.45, 2.75) is 51.7 Å². The van der Waals surface area contributed by atoms with Crippen LogP contribution in [0, 0.1) is 11.8 Å². The van der Waals surface area contributed by atoms with E-state index in [0.717, 1.165) is 19.3 Å². The van der Waals surface area contributed by atoms with Crippen molar-refractivity contribution in [1.82, 2.24) is 0 Å². The van der Waals surface area contributed by atoms with Crippen LogP contribution in [0.3, 0.4) is 0 Å². The van der Waals surface area contributed by atoms with E-state index in [0.29, 0.717) is 11.8 Å². The van der Waals surface area contributed by atoms with Crippen LogP contribution >= 0.6 is 0 Å². The Kier molecular flexibility index (Phi) is 3.53. The number of hydrogen-bond acceptors (Lipinski definition) is 2. The van der Waals surface area contributed by atoms with Crippen LogP contribution in [0.4, 0.5) is 0 Å². The summed E-state index contributed by atoms with van der Waals surface area (Å²) in [5.74, 6) is 1.33. The molecule has 1 aliphatic rings. The fourth-order valence-corrected chi connectivity index (χ4v) is 2.10. The lowest BCUT2D eigenvalue weighted by molar-refractivity contribution is -0.0280. The molecule has 0 heterocycles. The first-order valence-electron chi connectivity index (χ1n) is 4.95. The zero-order chi connectivity index (χ0) is 9.14. The lowest BCUT2D eigenvalue weighted by atomic mass is 9.81. The molecule has 72 valence electrons. The van der Waals surface area contributed by atoms with Crippen molar-refractivity contribution in [3.05, 3.63) is 0 Å². The Morgan fingerprint density at radius 2 is 1.83 bits per heavy atom. The molecule has 2 heteroatoms. The minimum absolute atomic E-state index is 0.464. The number of rotatable bonds is 2. The van der Waals surface area contributed by atoms with E-state index in [-0.39, 0.29) is 0 Å². The van der Waals surface area contributed by atoms with Gasteiger partial charge in [0.2, 0.25) is 0 Å². The Balaban J connectivity index is 2.30. The van der Waals surface area contributed by atoms with Gasteiger partial charge in [0.25, 0.3) is 0 Å². The lowest BCUT2D eigenvalue weighted by Crippen LogP contribution is -2.33. The van der Waals surface area contributed by atoms with Crippen molar-refractivity contribution in [2.24, 2.45) is 11.8 Å². The van der Waals surface area contributed by atoms with E-state index in [2.05, 4.69) is 13.8 Å². The highest BCUT2D eigenvalue weighted by Gasteiger charge is 2.27. The molecular formula is C10H20O2. The molecule has 2 nitrogen and oxygen atoms in total. The maximum absolute atomic E-state index is 9.41. The van der Waals surface area contributed by atoms with Crippen molar-refractivity contribution in [3.63, 3.8) is 0 Å². The summed E-state index contributed by atoms with van der Waals surface area (Å²) in [6, 6.07) is 0. The predicted molar refractivity (Wildman–Crippen MR) is 48.8 cm³/mol. The van der Waals surface area contributed by atoms with E-state index in [1.807, 2.05) is 0 Å². The maximum atomic E-state index is 9.41. The first kappa shape index (κ1) is 10.0. The largest absolute Gasteiger partial charge is 0.390 e. The molecule has 0 aliphatic heterocycles. The van der Waals surface area contributed by atoms with Crippen LogP contribution in [0.15, 0.2) is 0 Å². The highest BCUT2D eigenvalue weighted by molar-refractivity contribution is 4.79. The average Bonchev–Trinajstić information content (AvgIpc) is 1.96. The molecule has 0 amide bonds. The second-order valence-electron chi connectivity index (χ2n) is 4.44. The van der Waals surface area contributed by atoms with Gasteiger partial charge in [0.1, 0.15) is 0 Å². The maximum Gasteiger partial charge on any atom is 0.0801 e. The molecule has 0 aromatic heterocycles. The quantitative estimate of drug-likeness (QED) is 0.663. The Bertz CT molecular complexity index is 134. The van der Waals surface area contributed by atoms with Crippen LogP contribution in [-0.4, -0.2) is 22.4 Å².